The number of aryl methyl sites for hydroxylation is 1. The SMILES string of the molecule is C=CCCC(=O)NCC(=O)Nc1ccc(Br)cc1C. The molecule has 0 heterocycles. The van der Waals surface area contributed by atoms with Crippen molar-refractivity contribution < 1.29 is 9.59 Å². The third-order valence-electron chi connectivity index (χ3n) is 2.48. The van der Waals surface area contributed by atoms with Crippen molar-refractivity contribution in [2.45, 2.75) is 19.8 Å². The van der Waals surface area contributed by atoms with Crippen LogP contribution in [0.25, 0.3) is 0 Å². The Morgan fingerprint density at radius 1 is 1.37 bits per heavy atom. The second kappa shape index (κ2) is 7.74. The van der Waals surface area contributed by atoms with Crippen LogP contribution in [0.4, 0.5) is 5.69 Å². The Labute approximate surface area is 121 Å². The van der Waals surface area contributed by atoms with E-state index in [-0.39, 0.29) is 18.4 Å². The molecule has 0 bridgehead atoms. The number of benzene rings is 1. The molecule has 0 fully saturated rings. The summed E-state index contributed by atoms with van der Waals surface area (Å²) >= 11 is 3.36. The second-order valence-electron chi connectivity index (χ2n) is 4.11. The topological polar surface area (TPSA) is 58.2 Å². The molecular weight excluding hydrogens is 308 g/mol. The van der Waals surface area contributed by atoms with Gasteiger partial charge in [0.15, 0.2) is 0 Å². The Balaban J connectivity index is 2.43. The third-order valence-corrected chi connectivity index (χ3v) is 2.98. The molecule has 0 spiro atoms. The van der Waals surface area contributed by atoms with E-state index in [4.69, 9.17) is 0 Å². The average molecular weight is 325 g/mol. The summed E-state index contributed by atoms with van der Waals surface area (Å²) in [5.41, 5.74) is 1.70. The Morgan fingerprint density at radius 2 is 2.11 bits per heavy atom. The first-order valence-corrected chi connectivity index (χ1v) is 6.76. The van der Waals surface area contributed by atoms with Gasteiger partial charge in [0.1, 0.15) is 0 Å². The molecule has 2 amide bonds. The van der Waals surface area contributed by atoms with Crippen molar-refractivity contribution in [1.82, 2.24) is 5.32 Å². The van der Waals surface area contributed by atoms with Gasteiger partial charge in [0, 0.05) is 16.6 Å². The molecule has 102 valence electrons. The number of nitrogens with one attached hydrogen (secondary N) is 2. The van der Waals surface area contributed by atoms with Crippen molar-refractivity contribution in [2.75, 3.05) is 11.9 Å². The van der Waals surface area contributed by atoms with E-state index in [1.165, 1.54) is 0 Å². The number of halogens is 1. The van der Waals surface area contributed by atoms with Crippen LogP contribution in [-0.4, -0.2) is 18.4 Å². The molecule has 4 nitrogen and oxygen atoms in total. The van der Waals surface area contributed by atoms with E-state index >= 15 is 0 Å². The smallest absolute Gasteiger partial charge is 0.243 e. The molecule has 0 radical (unpaired) electrons. The number of amides is 2. The lowest BCUT2D eigenvalue weighted by Crippen LogP contribution is -2.32. The number of anilines is 1. The molecule has 0 saturated heterocycles. The van der Waals surface area contributed by atoms with Gasteiger partial charge in [-0.2, -0.15) is 0 Å². The van der Waals surface area contributed by atoms with E-state index in [1.54, 1.807) is 6.08 Å². The van der Waals surface area contributed by atoms with Gasteiger partial charge in [0.25, 0.3) is 0 Å². The zero-order chi connectivity index (χ0) is 14.3. The van der Waals surface area contributed by atoms with E-state index in [0.29, 0.717) is 12.8 Å². The van der Waals surface area contributed by atoms with Crippen LogP contribution in [0.1, 0.15) is 18.4 Å². The molecule has 2 N–H and O–H groups in total. The van der Waals surface area contributed by atoms with Crippen molar-refractivity contribution >= 4 is 33.4 Å². The Morgan fingerprint density at radius 3 is 2.74 bits per heavy atom. The molecule has 1 rings (SSSR count). The Bertz CT molecular complexity index is 486. The quantitative estimate of drug-likeness (QED) is 0.790. The lowest BCUT2D eigenvalue weighted by molar-refractivity contribution is -0.124. The Hall–Kier alpha value is -1.62. The summed E-state index contributed by atoms with van der Waals surface area (Å²) in [6.07, 6.45) is 2.64. The van der Waals surface area contributed by atoms with Gasteiger partial charge in [-0.25, -0.2) is 0 Å². The normalized spacial score (nSPS) is 9.79. The third kappa shape index (κ3) is 5.70. The zero-order valence-corrected chi connectivity index (χ0v) is 12.4. The summed E-state index contributed by atoms with van der Waals surface area (Å²) < 4.78 is 0.959. The highest BCUT2D eigenvalue weighted by Gasteiger charge is 2.07. The molecule has 1 aromatic rings. The van der Waals surface area contributed by atoms with Gasteiger partial charge in [-0.15, -0.1) is 6.58 Å². The maximum atomic E-state index is 11.7. The first-order valence-electron chi connectivity index (χ1n) is 5.96. The number of carbonyl (C=O) groups excluding carboxylic acids is 2. The van der Waals surface area contributed by atoms with Crippen molar-refractivity contribution in [3.8, 4) is 0 Å². The monoisotopic (exact) mass is 324 g/mol. The van der Waals surface area contributed by atoms with Crippen LogP contribution in [0.3, 0.4) is 0 Å². The maximum Gasteiger partial charge on any atom is 0.243 e. The standard InChI is InChI=1S/C14H17BrN2O2/c1-3-4-5-13(18)16-9-14(19)17-12-7-6-11(15)8-10(12)2/h3,6-8H,1,4-5,9H2,2H3,(H,16,18)(H,17,19). The highest BCUT2D eigenvalue weighted by molar-refractivity contribution is 9.10. The number of rotatable bonds is 6. The summed E-state index contributed by atoms with van der Waals surface area (Å²) in [6, 6.07) is 5.58. The van der Waals surface area contributed by atoms with Crippen LogP contribution in [-0.2, 0) is 9.59 Å². The summed E-state index contributed by atoms with van der Waals surface area (Å²) in [6.45, 7) is 5.42. The lowest BCUT2D eigenvalue weighted by Gasteiger charge is -2.09. The fourth-order valence-corrected chi connectivity index (χ4v) is 1.94. The average Bonchev–Trinajstić information content (AvgIpc) is 2.37. The predicted octanol–water partition coefficient (Wildman–Crippen LogP) is 2.78. The molecule has 0 aliphatic carbocycles. The van der Waals surface area contributed by atoms with Crippen LogP contribution in [0.5, 0.6) is 0 Å². The number of hydrogen-bond acceptors (Lipinski definition) is 2. The first-order chi connectivity index (χ1) is 9.02. The molecule has 0 aliphatic heterocycles. The number of allylic oxidation sites excluding steroid dienone is 1. The van der Waals surface area contributed by atoms with Crippen LogP contribution in [0.15, 0.2) is 35.3 Å². The minimum atomic E-state index is -0.239. The van der Waals surface area contributed by atoms with Gasteiger partial charge in [-0.05, 0) is 37.1 Å². The minimum Gasteiger partial charge on any atom is -0.347 e. The van der Waals surface area contributed by atoms with E-state index in [9.17, 15) is 9.59 Å². The molecule has 0 aliphatic rings. The molecule has 0 atom stereocenters. The summed E-state index contributed by atoms with van der Waals surface area (Å²) in [5.74, 6) is -0.389. The minimum absolute atomic E-state index is 0.0223. The molecule has 5 heteroatoms. The number of carbonyl (C=O) groups is 2. The van der Waals surface area contributed by atoms with Gasteiger partial charge in [0.05, 0.1) is 6.54 Å². The second-order valence-corrected chi connectivity index (χ2v) is 5.03. The van der Waals surface area contributed by atoms with E-state index in [1.807, 2.05) is 25.1 Å². The summed E-state index contributed by atoms with van der Waals surface area (Å²) in [7, 11) is 0. The van der Waals surface area contributed by atoms with Crippen molar-refractivity contribution in [2.24, 2.45) is 0 Å². The van der Waals surface area contributed by atoms with Crippen LogP contribution >= 0.6 is 15.9 Å². The molecule has 1 aromatic carbocycles. The van der Waals surface area contributed by atoms with Gasteiger partial charge in [-0.1, -0.05) is 22.0 Å². The molecule has 0 saturated carbocycles. The van der Waals surface area contributed by atoms with Crippen molar-refractivity contribution in [1.29, 1.82) is 0 Å². The fraction of sp³-hybridized carbons (Fsp3) is 0.286. The molecular formula is C14H17BrN2O2. The molecule has 19 heavy (non-hydrogen) atoms. The first kappa shape index (κ1) is 15.4. The summed E-state index contributed by atoms with van der Waals surface area (Å²) in [4.78, 5) is 23.0. The fourth-order valence-electron chi connectivity index (χ4n) is 1.46. The number of hydrogen-bond donors (Lipinski definition) is 2. The van der Waals surface area contributed by atoms with Crippen LogP contribution in [0.2, 0.25) is 0 Å². The van der Waals surface area contributed by atoms with Gasteiger partial charge in [0.2, 0.25) is 11.8 Å². The summed E-state index contributed by atoms with van der Waals surface area (Å²) in [5, 5.41) is 5.31. The van der Waals surface area contributed by atoms with E-state index in [2.05, 4.69) is 33.1 Å². The van der Waals surface area contributed by atoms with Gasteiger partial charge in [-0.3, -0.25) is 9.59 Å². The van der Waals surface area contributed by atoms with Crippen molar-refractivity contribution in [3.63, 3.8) is 0 Å². The Kier molecular flexibility index (Phi) is 6.29. The van der Waals surface area contributed by atoms with Gasteiger partial charge < -0.3 is 10.6 Å². The highest BCUT2D eigenvalue weighted by Crippen LogP contribution is 2.19. The molecule has 0 aromatic heterocycles. The largest absolute Gasteiger partial charge is 0.347 e. The lowest BCUT2D eigenvalue weighted by atomic mass is 10.2. The zero-order valence-electron chi connectivity index (χ0n) is 10.8. The predicted molar refractivity (Wildman–Crippen MR) is 79.9 cm³/mol. The van der Waals surface area contributed by atoms with E-state index in [0.717, 1.165) is 15.7 Å². The highest BCUT2D eigenvalue weighted by atomic mass is 79.9. The van der Waals surface area contributed by atoms with Gasteiger partial charge >= 0.3 is 0 Å². The maximum absolute atomic E-state index is 11.7. The van der Waals surface area contributed by atoms with Crippen molar-refractivity contribution in [3.05, 3.63) is 40.9 Å². The van der Waals surface area contributed by atoms with Crippen LogP contribution < -0.4 is 10.6 Å². The van der Waals surface area contributed by atoms with E-state index < -0.39 is 0 Å². The van der Waals surface area contributed by atoms with Crippen LogP contribution in [0, 0.1) is 6.92 Å². The molecule has 0 unspecified atom stereocenters.